The van der Waals surface area contributed by atoms with E-state index in [0.29, 0.717) is 6.04 Å². The molecule has 3 nitrogen and oxygen atoms in total. The number of halogens is 1. The van der Waals surface area contributed by atoms with Crippen LogP contribution in [0.15, 0.2) is 30.5 Å². The first kappa shape index (κ1) is 15.1. The zero-order valence-corrected chi connectivity index (χ0v) is 13.3. The Hall–Kier alpha value is -1.32. The van der Waals surface area contributed by atoms with E-state index in [-0.39, 0.29) is 6.04 Å². The minimum atomic E-state index is 0.251. The number of rotatable bonds is 5. The van der Waals surface area contributed by atoms with E-state index in [1.807, 2.05) is 30.9 Å². The number of hydrogen-bond acceptors (Lipinski definition) is 2. The number of nitrogens with one attached hydrogen (secondary N) is 1. The first-order valence-corrected chi connectivity index (χ1v) is 7.36. The van der Waals surface area contributed by atoms with Crippen molar-refractivity contribution in [1.29, 1.82) is 0 Å². The highest BCUT2D eigenvalue weighted by Crippen LogP contribution is 2.23. The molecule has 1 aromatic heterocycles. The van der Waals surface area contributed by atoms with Gasteiger partial charge < -0.3 is 5.32 Å². The van der Waals surface area contributed by atoms with Crippen molar-refractivity contribution in [1.82, 2.24) is 15.1 Å². The lowest BCUT2D eigenvalue weighted by Gasteiger charge is -2.16. The van der Waals surface area contributed by atoms with Gasteiger partial charge in [-0.15, -0.1) is 0 Å². The Morgan fingerprint density at radius 2 is 2.05 bits per heavy atom. The second-order valence-electron chi connectivity index (χ2n) is 5.43. The topological polar surface area (TPSA) is 29.9 Å². The van der Waals surface area contributed by atoms with Gasteiger partial charge in [0.1, 0.15) is 0 Å². The van der Waals surface area contributed by atoms with Gasteiger partial charge in [-0.3, -0.25) is 4.68 Å². The first-order chi connectivity index (χ1) is 9.51. The van der Waals surface area contributed by atoms with Crippen molar-refractivity contribution in [3.05, 3.63) is 52.3 Å². The summed E-state index contributed by atoms with van der Waals surface area (Å²) in [5.41, 5.74) is 3.45. The van der Waals surface area contributed by atoms with E-state index in [1.165, 1.54) is 5.56 Å². The highest BCUT2D eigenvalue weighted by atomic mass is 35.5. The van der Waals surface area contributed by atoms with Gasteiger partial charge >= 0.3 is 0 Å². The van der Waals surface area contributed by atoms with Gasteiger partial charge in [0, 0.05) is 29.7 Å². The van der Waals surface area contributed by atoms with Crippen LogP contribution in [-0.2, 0) is 6.42 Å². The molecule has 4 heteroatoms. The number of aromatic nitrogens is 2. The Morgan fingerprint density at radius 3 is 2.60 bits per heavy atom. The van der Waals surface area contributed by atoms with E-state index >= 15 is 0 Å². The Morgan fingerprint density at radius 1 is 1.30 bits per heavy atom. The number of hydrogen-bond donors (Lipinski definition) is 1. The van der Waals surface area contributed by atoms with E-state index in [1.54, 1.807) is 0 Å². The molecule has 0 radical (unpaired) electrons. The smallest absolute Gasteiger partial charge is 0.0643 e. The van der Waals surface area contributed by atoms with Crippen LogP contribution in [0.25, 0.3) is 0 Å². The molecule has 0 fully saturated rings. The van der Waals surface area contributed by atoms with E-state index in [9.17, 15) is 0 Å². The van der Waals surface area contributed by atoms with Crippen molar-refractivity contribution in [3.8, 4) is 0 Å². The summed E-state index contributed by atoms with van der Waals surface area (Å²) in [4.78, 5) is 0. The molecule has 1 N–H and O–H groups in total. The maximum absolute atomic E-state index is 6.09. The first-order valence-electron chi connectivity index (χ1n) is 6.98. The molecule has 2 aromatic rings. The summed E-state index contributed by atoms with van der Waals surface area (Å²) in [7, 11) is 1.98. The maximum atomic E-state index is 6.09. The summed E-state index contributed by atoms with van der Waals surface area (Å²) in [6.07, 6.45) is 2.91. The molecule has 0 aliphatic heterocycles. The van der Waals surface area contributed by atoms with Gasteiger partial charge in [0.25, 0.3) is 0 Å². The number of nitrogens with zero attached hydrogens (tertiary/aromatic N) is 2. The monoisotopic (exact) mass is 291 g/mol. The van der Waals surface area contributed by atoms with Gasteiger partial charge in [0.05, 0.1) is 5.69 Å². The minimum Gasteiger partial charge on any atom is -0.313 e. The predicted octanol–water partition coefficient (Wildman–Crippen LogP) is 3.93. The molecular formula is C16H22ClN3. The van der Waals surface area contributed by atoms with E-state index < -0.39 is 0 Å². The van der Waals surface area contributed by atoms with Crippen LogP contribution < -0.4 is 5.32 Å². The fraction of sp³-hybridized carbons (Fsp3) is 0.438. The van der Waals surface area contributed by atoms with Gasteiger partial charge in [-0.2, -0.15) is 5.10 Å². The van der Waals surface area contributed by atoms with Crippen molar-refractivity contribution in [3.63, 3.8) is 0 Å². The fourth-order valence-electron chi connectivity index (χ4n) is 2.25. The van der Waals surface area contributed by atoms with Crippen molar-refractivity contribution in [2.45, 2.75) is 39.3 Å². The van der Waals surface area contributed by atoms with Crippen LogP contribution in [0, 0.1) is 6.92 Å². The van der Waals surface area contributed by atoms with Crippen molar-refractivity contribution in [2.24, 2.45) is 0 Å². The predicted molar refractivity (Wildman–Crippen MR) is 84.3 cm³/mol. The van der Waals surface area contributed by atoms with Gasteiger partial charge in [-0.05, 0) is 51.1 Å². The van der Waals surface area contributed by atoms with Gasteiger partial charge in [-0.1, -0.05) is 23.7 Å². The highest BCUT2D eigenvalue weighted by molar-refractivity contribution is 6.31. The lowest BCUT2D eigenvalue weighted by atomic mass is 10.0. The number of benzene rings is 1. The molecule has 20 heavy (non-hydrogen) atoms. The molecule has 108 valence electrons. The Labute approximate surface area is 126 Å². The molecule has 0 aliphatic rings. The lowest BCUT2D eigenvalue weighted by molar-refractivity contribution is 0.515. The van der Waals surface area contributed by atoms with Gasteiger partial charge in [0.2, 0.25) is 0 Å². The zero-order chi connectivity index (χ0) is 14.7. The normalized spacial score (nSPS) is 12.9. The molecule has 0 saturated carbocycles. The molecule has 1 unspecified atom stereocenters. The van der Waals surface area contributed by atoms with E-state index in [4.69, 9.17) is 11.6 Å². The number of aryl methyl sites for hydroxylation is 1. The molecule has 0 saturated heterocycles. The summed E-state index contributed by atoms with van der Waals surface area (Å²) in [5.74, 6) is 0. The number of likely N-dealkylation sites (N-methyl/N-ethyl adjacent to an activating group) is 1. The Bertz CT molecular complexity index is 575. The average Bonchev–Trinajstić information content (AvgIpc) is 2.88. The summed E-state index contributed by atoms with van der Waals surface area (Å²) in [5, 5.41) is 8.79. The molecular weight excluding hydrogens is 270 g/mol. The van der Waals surface area contributed by atoms with Crippen molar-refractivity contribution >= 4 is 11.6 Å². The lowest BCUT2D eigenvalue weighted by Crippen LogP contribution is -2.19. The second kappa shape index (κ2) is 6.42. The third-order valence-electron chi connectivity index (χ3n) is 3.54. The zero-order valence-electron chi connectivity index (χ0n) is 12.5. The molecule has 1 heterocycles. The van der Waals surface area contributed by atoms with E-state index in [2.05, 4.69) is 42.5 Å². The van der Waals surface area contributed by atoms with Gasteiger partial charge in [0.15, 0.2) is 0 Å². The van der Waals surface area contributed by atoms with Gasteiger partial charge in [-0.25, -0.2) is 0 Å². The van der Waals surface area contributed by atoms with Crippen LogP contribution in [0.2, 0.25) is 5.02 Å². The maximum Gasteiger partial charge on any atom is 0.0643 e. The summed E-state index contributed by atoms with van der Waals surface area (Å²) in [6.45, 7) is 6.30. The van der Waals surface area contributed by atoms with Crippen LogP contribution in [0.5, 0.6) is 0 Å². The van der Waals surface area contributed by atoms with Crippen LogP contribution in [-0.4, -0.2) is 16.8 Å². The van der Waals surface area contributed by atoms with Crippen LogP contribution in [0.3, 0.4) is 0 Å². The molecule has 0 amide bonds. The highest BCUT2D eigenvalue weighted by Gasteiger charge is 2.13. The SMILES string of the molecule is CNC(Cc1ccn(C(C)C)n1)c1ccc(Cl)c(C)c1. The average molecular weight is 292 g/mol. The molecule has 0 aliphatic carbocycles. The summed E-state index contributed by atoms with van der Waals surface area (Å²) in [6, 6.07) is 8.92. The minimum absolute atomic E-state index is 0.251. The standard InChI is InChI=1S/C16H22ClN3/c1-11(2)20-8-7-14(19-20)10-16(18-4)13-5-6-15(17)12(3)9-13/h5-9,11,16,18H,10H2,1-4H3. The third kappa shape index (κ3) is 3.41. The molecule has 0 spiro atoms. The second-order valence-corrected chi connectivity index (χ2v) is 5.84. The summed E-state index contributed by atoms with van der Waals surface area (Å²) < 4.78 is 2.00. The van der Waals surface area contributed by atoms with Crippen LogP contribution >= 0.6 is 11.6 Å². The van der Waals surface area contributed by atoms with Crippen molar-refractivity contribution in [2.75, 3.05) is 7.05 Å². The Kier molecular flexibility index (Phi) is 4.84. The van der Waals surface area contributed by atoms with Crippen LogP contribution in [0.4, 0.5) is 0 Å². The third-order valence-corrected chi connectivity index (χ3v) is 3.96. The van der Waals surface area contributed by atoms with E-state index in [0.717, 1.165) is 22.7 Å². The largest absolute Gasteiger partial charge is 0.313 e. The van der Waals surface area contributed by atoms with Crippen LogP contribution in [0.1, 0.15) is 42.8 Å². The van der Waals surface area contributed by atoms with Crippen molar-refractivity contribution < 1.29 is 0 Å². The molecule has 1 aromatic carbocycles. The summed E-state index contributed by atoms with van der Waals surface area (Å²) >= 11 is 6.09. The quantitative estimate of drug-likeness (QED) is 0.904. The molecule has 0 bridgehead atoms. The fourth-order valence-corrected chi connectivity index (χ4v) is 2.37. The molecule has 1 atom stereocenters. The molecule has 2 rings (SSSR count). The Balaban J connectivity index is 2.17.